The van der Waals surface area contributed by atoms with Crippen molar-refractivity contribution >= 4 is 38.9 Å². The second-order valence-electron chi connectivity index (χ2n) is 7.13. The molecule has 0 saturated carbocycles. The third-order valence-electron chi connectivity index (χ3n) is 4.99. The zero-order chi connectivity index (χ0) is 22.1. The highest BCUT2D eigenvalue weighted by Crippen LogP contribution is 2.25. The number of piperazine rings is 1. The molecule has 0 spiro atoms. The van der Waals surface area contributed by atoms with Crippen LogP contribution in [0.2, 0.25) is 5.02 Å². The van der Waals surface area contributed by atoms with E-state index in [1.807, 2.05) is 18.2 Å². The first kappa shape index (κ1) is 22.3. The summed E-state index contributed by atoms with van der Waals surface area (Å²) in [5.74, 6) is -2.69. The minimum atomic E-state index is -3.92. The number of benzene rings is 2. The Balaban J connectivity index is 1.75. The molecule has 1 unspecified atom stereocenters. The van der Waals surface area contributed by atoms with Gasteiger partial charge in [-0.2, -0.15) is 0 Å². The molecule has 0 bridgehead atoms. The van der Waals surface area contributed by atoms with Gasteiger partial charge in [0, 0.05) is 43.0 Å². The van der Waals surface area contributed by atoms with E-state index in [4.69, 9.17) is 11.6 Å². The molecule has 1 atom stereocenters. The van der Waals surface area contributed by atoms with Crippen LogP contribution >= 0.6 is 11.6 Å². The van der Waals surface area contributed by atoms with E-state index in [0.29, 0.717) is 31.2 Å². The number of carbonyl (C=O) groups excluding carboxylic acids is 1. The Morgan fingerprint density at radius 1 is 1.07 bits per heavy atom. The summed E-state index contributed by atoms with van der Waals surface area (Å²) in [5, 5.41) is 0.620. The number of amides is 1. The Kier molecular flexibility index (Phi) is 6.52. The summed E-state index contributed by atoms with van der Waals surface area (Å²) in [6.45, 7) is 3.34. The maximum Gasteiger partial charge on any atom is 0.246 e. The van der Waals surface area contributed by atoms with E-state index < -0.39 is 33.6 Å². The molecule has 1 saturated heterocycles. The number of rotatable bonds is 5. The maximum absolute atomic E-state index is 13.7. The molecule has 1 fully saturated rings. The molecule has 3 rings (SSSR count). The molecular weight excluding hydrogens is 436 g/mol. The highest BCUT2D eigenvalue weighted by Gasteiger charge is 2.33. The highest BCUT2D eigenvalue weighted by molar-refractivity contribution is 7.92. The van der Waals surface area contributed by atoms with Gasteiger partial charge in [-0.1, -0.05) is 17.7 Å². The van der Waals surface area contributed by atoms with Gasteiger partial charge in [0.15, 0.2) is 11.6 Å². The number of hydrogen-bond acceptors (Lipinski definition) is 4. The van der Waals surface area contributed by atoms with Crippen LogP contribution < -0.4 is 9.21 Å². The van der Waals surface area contributed by atoms with Crippen LogP contribution in [0.4, 0.5) is 20.2 Å². The Morgan fingerprint density at radius 2 is 1.73 bits per heavy atom. The first-order valence-electron chi connectivity index (χ1n) is 9.31. The molecule has 1 aliphatic rings. The molecule has 1 aliphatic heterocycles. The number of anilines is 2. The normalized spacial score (nSPS) is 15.8. The molecule has 10 heteroatoms. The summed E-state index contributed by atoms with van der Waals surface area (Å²) in [6, 6.07) is 9.05. The van der Waals surface area contributed by atoms with E-state index in [1.165, 1.54) is 6.92 Å². The lowest BCUT2D eigenvalue weighted by Gasteiger charge is -2.39. The Labute approximate surface area is 179 Å². The van der Waals surface area contributed by atoms with Gasteiger partial charge in [-0.15, -0.1) is 0 Å². The number of sulfonamides is 1. The van der Waals surface area contributed by atoms with Gasteiger partial charge in [0.05, 0.1) is 11.9 Å². The fourth-order valence-corrected chi connectivity index (χ4v) is 4.89. The second-order valence-corrected chi connectivity index (χ2v) is 9.42. The van der Waals surface area contributed by atoms with Gasteiger partial charge in [-0.25, -0.2) is 17.2 Å². The fourth-order valence-electron chi connectivity index (χ4n) is 3.55. The van der Waals surface area contributed by atoms with Gasteiger partial charge in [0.25, 0.3) is 0 Å². The Hall–Kier alpha value is -2.39. The van der Waals surface area contributed by atoms with Crippen molar-refractivity contribution in [3.8, 4) is 0 Å². The van der Waals surface area contributed by atoms with Gasteiger partial charge in [-0.05, 0) is 37.3 Å². The Morgan fingerprint density at radius 3 is 2.30 bits per heavy atom. The van der Waals surface area contributed by atoms with Crippen molar-refractivity contribution < 1.29 is 22.0 Å². The molecule has 30 heavy (non-hydrogen) atoms. The van der Waals surface area contributed by atoms with Crippen molar-refractivity contribution in [1.82, 2.24) is 4.90 Å². The fraction of sp³-hybridized carbons (Fsp3) is 0.350. The standard InChI is InChI=1S/C20H22ClF2N3O3S/c1-14(26(30(2,28)29)17-6-7-18(22)19(23)13-17)20(27)25-10-8-24(9-11-25)16-5-3-4-15(21)12-16/h3-7,12-14H,8-11H2,1-2H3. The van der Waals surface area contributed by atoms with Gasteiger partial charge in [0.2, 0.25) is 15.9 Å². The minimum absolute atomic E-state index is 0.102. The van der Waals surface area contributed by atoms with E-state index in [1.54, 1.807) is 11.0 Å². The number of nitrogens with zero attached hydrogens (tertiary/aromatic N) is 3. The van der Waals surface area contributed by atoms with Crippen LogP contribution in [0.15, 0.2) is 42.5 Å². The molecule has 0 radical (unpaired) electrons. The van der Waals surface area contributed by atoms with Crippen molar-refractivity contribution in [2.45, 2.75) is 13.0 Å². The summed E-state index contributed by atoms with van der Waals surface area (Å²) in [5.41, 5.74) is 0.844. The monoisotopic (exact) mass is 457 g/mol. The van der Waals surface area contributed by atoms with Crippen LogP contribution in [-0.4, -0.2) is 57.7 Å². The molecule has 2 aromatic rings. The van der Waals surface area contributed by atoms with E-state index >= 15 is 0 Å². The zero-order valence-corrected chi connectivity index (χ0v) is 18.1. The van der Waals surface area contributed by atoms with E-state index in [0.717, 1.165) is 34.4 Å². The summed E-state index contributed by atoms with van der Waals surface area (Å²) in [7, 11) is -3.92. The van der Waals surface area contributed by atoms with Crippen molar-refractivity contribution in [1.29, 1.82) is 0 Å². The number of hydrogen-bond donors (Lipinski definition) is 0. The van der Waals surface area contributed by atoms with Crippen molar-refractivity contribution in [3.05, 3.63) is 59.1 Å². The van der Waals surface area contributed by atoms with Crippen molar-refractivity contribution in [2.24, 2.45) is 0 Å². The molecular formula is C20H22ClF2N3O3S. The largest absolute Gasteiger partial charge is 0.368 e. The topological polar surface area (TPSA) is 60.9 Å². The highest BCUT2D eigenvalue weighted by atomic mass is 35.5. The van der Waals surface area contributed by atoms with Crippen LogP contribution in [0.5, 0.6) is 0 Å². The summed E-state index contributed by atoms with van der Waals surface area (Å²) in [6.07, 6.45) is 0.926. The number of halogens is 3. The zero-order valence-electron chi connectivity index (χ0n) is 16.6. The SMILES string of the molecule is CC(C(=O)N1CCN(c2cccc(Cl)c2)CC1)N(c1ccc(F)c(F)c1)S(C)(=O)=O. The first-order chi connectivity index (χ1) is 14.1. The quantitative estimate of drug-likeness (QED) is 0.692. The summed E-state index contributed by atoms with van der Waals surface area (Å²) in [4.78, 5) is 16.7. The lowest BCUT2D eigenvalue weighted by Crippen LogP contribution is -2.55. The molecule has 1 amide bonds. The van der Waals surface area contributed by atoms with E-state index in [9.17, 15) is 22.0 Å². The van der Waals surface area contributed by atoms with Crippen molar-refractivity contribution in [3.63, 3.8) is 0 Å². The van der Waals surface area contributed by atoms with Crippen LogP contribution in [0.3, 0.4) is 0 Å². The van der Waals surface area contributed by atoms with E-state index in [-0.39, 0.29) is 5.69 Å². The van der Waals surface area contributed by atoms with E-state index in [2.05, 4.69) is 4.90 Å². The lowest BCUT2D eigenvalue weighted by atomic mass is 10.2. The lowest BCUT2D eigenvalue weighted by molar-refractivity contribution is -0.132. The molecule has 0 N–H and O–H groups in total. The van der Waals surface area contributed by atoms with Gasteiger partial charge < -0.3 is 9.80 Å². The molecule has 162 valence electrons. The number of carbonyl (C=O) groups is 1. The van der Waals surface area contributed by atoms with Crippen LogP contribution in [-0.2, 0) is 14.8 Å². The van der Waals surface area contributed by atoms with Crippen LogP contribution in [0, 0.1) is 11.6 Å². The average Bonchev–Trinajstić information content (AvgIpc) is 2.69. The van der Waals surface area contributed by atoms with Crippen LogP contribution in [0.25, 0.3) is 0 Å². The molecule has 0 aromatic heterocycles. The van der Waals surface area contributed by atoms with Gasteiger partial charge in [0.1, 0.15) is 6.04 Å². The van der Waals surface area contributed by atoms with Gasteiger partial charge >= 0.3 is 0 Å². The molecule has 1 heterocycles. The summed E-state index contributed by atoms with van der Waals surface area (Å²) < 4.78 is 52.5. The second kappa shape index (κ2) is 8.77. The molecule has 6 nitrogen and oxygen atoms in total. The summed E-state index contributed by atoms with van der Waals surface area (Å²) >= 11 is 6.04. The third-order valence-corrected chi connectivity index (χ3v) is 6.47. The first-order valence-corrected chi connectivity index (χ1v) is 11.5. The minimum Gasteiger partial charge on any atom is -0.368 e. The smallest absolute Gasteiger partial charge is 0.246 e. The van der Waals surface area contributed by atoms with Crippen molar-refractivity contribution in [2.75, 3.05) is 41.6 Å². The van der Waals surface area contributed by atoms with Crippen LogP contribution in [0.1, 0.15) is 6.92 Å². The predicted octanol–water partition coefficient (Wildman–Crippen LogP) is 3.12. The van der Waals surface area contributed by atoms with Gasteiger partial charge in [-0.3, -0.25) is 9.10 Å². The Bertz CT molecular complexity index is 1040. The average molecular weight is 458 g/mol. The predicted molar refractivity (Wildman–Crippen MR) is 113 cm³/mol. The molecule has 0 aliphatic carbocycles. The maximum atomic E-state index is 13.7. The third kappa shape index (κ3) is 4.84. The molecule has 2 aromatic carbocycles.